The monoisotopic (exact) mass is 269 g/mol. The average Bonchev–Trinajstić information content (AvgIpc) is 3.00. The van der Waals surface area contributed by atoms with E-state index in [0.29, 0.717) is 6.54 Å². The van der Waals surface area contributed by atoms with Gasteiger partial charge in [0, 0.05) is 25.5 Å². The van der Waals surface area contributed by atoms with Crippen LogP contribution in [0.4, 0.5) is 11.5 Å². The summed E-state index contributed by atoms with van der Waals surface area (Å²) in [6, 6.07) is 5.98. The van der Waals surface area contributed by atoms with E-state index in [9.17, 15) is 0 Å². The quantitative estimate of drug-likeness (QED) is 0.923. The molecule has 1 saturated heterocycles. The normalized spacial score (nSPS) is 14.6. The molecule has 0 spiro atoms. The van der Waals surface area contributed by atoms with Gasteiger partial charge in [0.15, 0.2) is 5.82 Å². The Bertz CT molecular complexity index is 578. The Morgan fingerprint density at radius 1 is 1.15 bits per heavy atom. The third-order valence-corrected chi connectivity index (χ3v) is 3.49. The minimum Gasteiger partial charge on any atom is -0.376 e. The van der Waals surface area contributed by atoms with Gasteiger partial charge in [0.05, 0.1) is 17.9 Å². The van der Waals surface area contributed by atoms with E-state index in [0.717, 1.165) is 36.1 Å². The second-order valence-corrected chi connectivity index (χ2v) is 5.02. The van der Waals surface area contributed by atoms with Crippen molar-refractivity contribution in [2.75, 3.05) is 23.3 Å². The number of nitrogens with one attached hydrogen (secondary N) is 1. The molecule has 0 amide bonds. The molecular formula is C15H19N5. The molecule has 0 saturated carbocycles. The molecule has 0 aromatic carbocycles. The van der Waals surface area contributed by atoms with Crippen LogP contribution in [0.2, 0.25) is 0 Å². The highest BCUT2D eigenvalue weighted by Crippen LogP contribution is 2.26. The smallest absolute Gasteiger partial charge is 0.151 e. The summed E-state index contributed by atoms with van der Waals surface area (Å²) in [6.07, 6.45) is 6.15. The molecule has 0 unspecified atom stereocenters. The van der Waals surface area contributed by atoms with Crippen molar-refractivity contribution < 1.29 is 0 Å². The van der Waals surface area contributed by atoms with Gasteiger partial charge in [-0.1, -0.05) is 0 Å². The van der Waals surface area contributed by atoms with Crippen molar-refractivity contribution in [3.8, 4) is 0 Å². The Labute approximate surface area is 119 Å². The van der Waals surface area contributed by atoms with E-state index in [1.165, 1.54) is 12.8 Å². The molecule has 5 heteroatoms. The fraction of sp³-hybridized carbons (Fsp3) is 0.400. The number of hydrogen-bond acceptors (Lipinski definition) is 5. The van der Waals surface area contributed by atoms with E-state index in [4.69, 9.17) is 0 Å². The fourth-order valence-electron chi connectivity index (χ4n) is 2.51. The summed E-state index contributed by atoms with van der Waals surface area (Å²) in [5, 5.41) is 3.44. The molecule has 0 atom stereocenters. The molecule has 3 heterocycles. The van der Waals surface area contributed by atoms with Gasteiger partial charge in [0.1, 0.15) is 5.82 Å². The molecule has 1 aliphatic heterocycles. The Morgan fingerprint density at radius 3 is 2.80 bits per heavy atom. The summed E-state index contributed by atoms with van der Waals surface area (Å²) in [6.45, 7) is 4.79. The Balaban J connectivity index is 1.74. The molecule has 2 aromatic rings. The highest BCUT2D eigenvalue weighted by Gasteiger charge is 2.16. The Hall–Kier alpha value is -2.17. The molecule has 20 heavy (non-hydrogen) atoms. The molecule has 104 valence electrons. The number of rotatable bonds is 4. The van der Waals surface area contributed by atoms with Gasteiger partial charge in [-0.15, -0.1) is 0 Å². The van der Waals surface area contributed by atoms with Crippen LogP contribution in [-0.4, -0.2) is 28.0 Å². The predicted molar refractivity (Wildman–Crippen MR) is 79.8 cm³/mol. The predicted octanol–water partition coefficient (Wildman–Crippen LogP) is 2.39. The number of aryl methyl sites for hydroxylation is 1. The first kappa shape index (κ1) is 12.8. The average molecular weight is 269 g/mol. The molecular weight excluding hydrogens is 250 g/mol. The summed E-state index contributed by atoms with van der Waals surface area (Å²) in [4.78, 5) is 15.4. The minimum atomic E-state index is 0.690. The first-order valence-corrected chi connectivity index (χ1v) is 7.05. The van der Waals surface area contributed by atoms with Gasteiger partial charge in [-0.25, -0.2) is 15.0 Å². The van der Waals surface area contributed by atoms with Crippen LogP contribution in [0.3, 0.4) is 0 Å². The molecule has 0 aliphatic carbocycles. The van der Waals surface area contributed by atoms with Crippen LogP contribution in [0.1, 0.15) is 24.4 Å². The van der Waals surface area contributed by atoms with Gasteiger partial charge in [-0.05, 0) is 38.0 Å². The second kappa shape index (κ2) is 5.86. The maximum absolute atomic E-state index is 4.52. The number of nitrogens with zero attached hydrogens (tertiary/aromatic N) is 4. The second-order valence-electron chi connectivity index (χ2n) is 5.02. The van der Waals surface area contributed by atoms with Crippen LogP contribution in [0.25, 0.3) is 0 Å². The highest BCUT2D eigenvalue weighted by molar-refractivity contribution is 5.65. The van der Waals surface area contributed by atoms with Crippen molar-refractivity contribution in [1.82, 2.24) is 15.0 Å². The van der Waals surface area contributed by atoms with Crippen molar-refractivity contribution in [3.05, 3.63) is 42.1 Å². The van der Waals surface area contributed by atoms with E-state index >= 15 is 0 Å². The summed E-state index contributed by atoms with van der Waals surface area (Å²) >= 11 is 0. The van der Waals surface area contributed by atoms with Gasteiger partial charge in [-0.2, -0.15) is 0 Å². The van der Waals surface area contributed by atoms with Crippen molar-refractivity contribution in [2.24, 2.45) is 0 Å². The highest BCUT2D eigenvalue weighted by atomic mass is 15.2. The fourth-order valence-corrected chi connectivity index (χ4v) is 2.51. The largest absolute Gasteiger partial charge is 0.376 e. The standard InChI is InChI=1S/C15H19N5/c1-12-16-8-6-13(19-12)11-18-14-5-4-7-17-15(14)20-9-2-3-10-20/h4-8,18H,2-3,9-11H2,1H3. The summed E-state index contributed by atoms with van der Waals surface area (Å²) in [5.74, 6) is 1.85. The van der Waals surface area contributed by atoms with E-state index in [1.54, 1.807) is 6.20 Å². The first-order chi connectivity index (χ1) is 9.83. The molecule has 1 aliphatic rings. The molecule has 0 bridgehead atoms. The topological polar surface area (TPSA) is 53.9 Å². The van der Waals surface area contributed by atoms with Crippen LogP contribution in [-0.2, 0) is 6.54 Å². The van der Waals surface area contributed by atoms with Gasteiger partial charge >= 0.3 is 0 Å². The maximum atomic E-state index is 4.52. The molecule has 3 rings (SSSR count). The number of hydrogen-bond donors (Lipinski definition) is 1. The van der Waals surface area contributed by atoms with Crippen LogP contribution in [0.15, 0.2) is 30.6 Å². The lowest BCUT2D eigenvalue weighted by molar-refractivity contribution is 0.925. The molecule has 0 radical (unpaired) electrons. The SMILES string of the molecule is Cc1nccc(CNc2cccnc2N2CCCC2)n1. The van der Waals surface area contributed by atoms with Crippen LogP contribution in [0.5, 0.6) is 0 Å². The summed E-state index contributed by atoms with van der Waals surface area (Å²) in [7, 11) is 0. The lowest BCUT2D eigenvalue weighted by Crippen LogP contribution is -2.20. The van der Waals surface area contributed by atoms with Gasteiger partial charge in [0.2, 0.25) is 0 Å². The third-order valence-electron chi connectivity index (χ3n) is 3.49. The lowest BCUT2D eigenvalue weighted by Gasteiger charge is -2.20. The van der Waals surface area contributed by atoms with Gasteiger partial charge in [-0.3, -0.25) is 0 Å². The van der Waals surface area contributed by atoms with E-state index in [-0.39, 0.29) is 0 Å². The van der Waals surface area contributed by atoms with E-state index < -0.39 is 0 Å². The zero-order valence-electron chi connectivity index (χ0n) is 11.7. The van der Waals surface area contributed by atoms with Crippen molar-refractivity contribution in [1.29, 1.82) is 0 Å². The minimum absolute atomic E-state index is 0.690. The Kier molecular flexibility index (Phi) is 3.76. The van der Waals surface area contributed by atoms with Crippen molar-refractivity contribution >= 4 is 11.5 Å². The number of aromatic nitrogens is 3. The van der Waals surface area contributed by atoms with E-state index in [1.807, 2.05) is 25.3 Å². The molecule has 1 fully saturated rings. The molecule has 1 N–H and O–H groups in total. The van der Waals surface area contributed by atoms with Gasteiger partial charge < -0.3 is 10.2 Å². The zero-order chi connectivity index (χ0) is 13.8. The Morgan fingerprint density at radius 2 is 2.00 bits per heavy atom. The number of pyridine rings is 1. The third kappa shape index (κ3) is 2.87. The maximum Gasteiger partial charge on any atom is 0.151 e. The van der Waals surface area contributed by atoms with Crippen LogP contribution in [0, 0.1) is 6.92 Å². The molecule has 2 aromatic heterocycles. The summed E-state index contributed by atoms with van der Waals surface area (Å²) in [5.41, 5.74) is 2.07. The summed E-state index contributed by atoms with van der Waals surface area (Å²) < 4.78 is 0. The molecule has 5 nitrogen and oxygen atoms in total. The first-order valence-electron chi connectivity index (χ1n) is 7.05. The lowest BCUT2D eigenvalue weighted by atomic mass is 10.3. The number of anilines is 2. The van der Waals surface area contributed by atoms with Crippen molar-refractivity contribution in [2.45, 2.75) is 26.3 Å². The zero-order valence-corrected chi connectivity index (χ0v) is 11.7. The van der Waals surface area contributed by atoms with Crippen LogP contribution >= 0.6 is 0 Å². The van der Waals surface area contributed by atoms with Crippen molar-refractivity contribution in [3.63, 3.8) is 0 Å². The van der Waals surface area contributed by atoms with Crippen LogP contribution < -0.4 is 10.2 Å². The van der Waals surface area contributed by atoms with E-state index in [2.05, 4.69) is 31.2 Å². The van der Waals surface area contributed by atoms with Gasteiger partial charge in [0.25, 0.3) is 0 Å².